The molecule has 0 saturated carbocycles. The van der Waals surface area contributed by atoms with Crippen LogP contribution >= 0.6 is 11.3 Å². The minimum absolute atomic E-state index is 0.0279. The van der Waals surface area contributed by atoms with E-state index in [0.29, 0.717) is 6.42 Å². The van der Waals surface area contributed by atoms with Gasteiger partial charge in [0.15, 0.2) is 0 Å². The summed E-state index contributed by atoms with van der Waals surface area (Å²) >= 11 is 1.65. The Morgan fingerprint density at radius 3 is 2.87 bits per heavy atom. The quantitative estimate of drug-likeness (QED) is 0.934. The van der Waals surface area contributed by atoms with Gasteiger partial charge in [-0.3, -0.25) is 4.79 Å². The molecule has 3 rings (SSSR count). The summed E-state index contributed by atoms with van der Waals surface area (Å²) in [5.74, 6) is 0.700. The summed E-state index contributed by atoms with van der Waals surface area (Å²) in [6, 6.07) is 7.72. The van der Waals surface area contributed by atoms with E-state index in [1.165, 1.54) is 0 Å². The molecule has 1 atom stereocenters. The van der Waals surface area contributed by atoms with Gasteiger partial charge in [0.2, 0.25) is 0 Å². The third-order valence-corrected chi connectivity index (χ3v) is 4.59. The molecule has 122 valence electrons. The molecule has 0 aliphatic carbocycles. The highest BCUT2D eigenvalue weighted by Crippen LogP contribution is 2.35. The second-order valence-electron chi connectivity index (χ2n) is 6.60. The molecule has 0 saturated heterocycles. The first kappa shape index (κ1) is 16.0. The van der Waals surface area contributed by atoms with E-state index in [9.17, 15) is 4.79 Å². The number of carbonyl (C=O) groups excluding carboxylic acids is 1. The van der Waals surface area contributed by atoms with Gasteiger partial charge < -0.3 is 9.73 Å². The molecular weight excluding hydrogens is 310 g/mol. The van der Waals surface area contributed by atoms with Crippen molar-refractivity contribution in [2.75, 3.05) is 6.54 Å². The Kier molecular flexibility index (Phi) is 4.37. The second-order valence-corrected chi connectivity index (χ2v) is 7.58. The maximum Gasteiger partial charge on any atom is 0.257 e. The summed E-state index contributed by atoms with van der Waals surface area (Å²) in [6.07, 6.45) is 2.30. The van der Waals surface area contributed by atoms with E-state index in [1.807, 2.05) is 50.4 Å². The van der Waals surface area contributed by atoms with Gasteiger partial charge in [-0.15, -0.1) is 11.3 Å². The summed E-state index contributed by atoms with van der Waals surface area (Å²) in [5.41, 5.74) is 0.707. The molecule has 23 heavy (non-hydrogen) atoms. The molecule has 5 nitrogen and oxygen atoms in total. The van der Waals surface area contributed by atoms with Crippen LogP contribution in [0.5, 0.6) is 0 Å². The Bertz CT molecular complexity index is 684. The lowest BCUT2D eigenvalue weighted by molar-refractivity contribution is -0.132. The maximum absolute atomic E-state index is 12.6. The Labute approximate surface area is 140 Å². The van der Waals surface area contributed by atoms with Gasteiger partial charge in [0.25, 0.3) is 5.91 Å². The monoisotopic (exact) mass is 331 g/mol. The molecule has 3 heterocycles. The molecule has 1 aliphatic heterocycles. The van der Waals surface area contributed by atoms with E-state index in [4.69, 9.17) is 4.42 Å². The summed E-state index contributed by atoms with van der Waals surface area (Å²) in [4.78, 5) is 13.8. The van der Waals surface area contributed by atoms with Crippen LogP contribution in [0, 0.1) is 0 Å². The molecule has 2 aromatic heterocycles. The number of thiophene rings is 1. The largest absolute Gasteiger partial charge is 0.463 e. The second kappa shape index (κ2) is 6.29. The Morgan fingerprint density at radius 1 is 1.43 bits per heavy atom. The van der Waals surface area contributed by atoms with Crippen LogP contribution in [0.4, 0.5) is 0 Å². The highest BCUT2D eigenvalue weighted by Gasteiger charge is 2.34. The van der Waals surface area contributed by atoms with Crippen LogP contribution in [0.25, 0.3) is 0 Å². The number of hydrazone groups is 1. The van der Waals surface area contributed by atoms with Crippen molar-refractivity contribution in [3.63, 3.8) is 0 Å². The molecule has 0 spiro atoms. The molecule has 2 aromatic rings. The third kappa shape index (κ3) is 3.71. The molecule has 0 aromatic carbocycles. The summed E-state index contributed by atoms with van der Waals surface area (Å²) in [7, 11) is 0. The maximum atomic E-state index is 12.6. The van der Waals surface area contributed by atoms with Gasteiger partial charge in [-0.25, -0.2) is 5.01 Å². The molecule has 1 N–H and O–H groups in total. The van der Waals surface area contributed by atoms with Crippen LogP contribution in [0.1, 0.15) is 43.9 Å². The molecule has 0 fully saturated rings. The van der Waals surface area contributed by atoms with Crippen LogP contribution in [0.2, 0.25) is 0 Å². The lowest BCUT2D eigenvalue weighted by atomic mass is 10.1. The van der Waals surface area contributed by atoms with Gasteiger partial charge in [-0.05, 0) is 44.4 Å². The highest BCUT2D eigenvalue weighted by atomic mass is 32.1. The van der Waals surface area contributed by atoms with Crippen molar-refractivity contribution in [2.45, 2.75) is 38.8 Å². The molecule has 0 unspecified atom stereocenters. The SMILES string of the molecule is CC(C)(C)NCC(=O)N1N=C(c2ccco2)C[C@@H]1c1cccs1. The predicted octanol–water partition coefficient (Wildman–Crippen LogP) is 3.41. The number of hydrogen-bond donors (Lipinski definition) is 1. The van der Waals surface area contributed by atoms with E-state index in [-0.39, 0.29) is 24.0 Å². The standard InChI is InChI=1S/C17H21N3O2S/c1-17(2,3)18-11-16(21)20-13(15-7-5-9-23-15)10-12(19-20)14-6-4-8-22-14/h4-9,13,18H,10-11H2,1-3H3/t13-/m1/s1. The zero-order chi connectivity index (χ0) is 16.4. The number of nitrogens with one attached hydrogen (secondary N) is 1. The van der Waals surface area contributed by atoms with Crippen molar-refractivity contribution in [1.82, 2.24) is 10.3 Å². The first-order valence-electron chi connectivity index (χ1n) is 7.66. The van der Waals surface area contributed by atoms with Gasteiger partial charge in [-0.1, -0.05) is 6.07 Å². The number of amides is 1. The van der Waals surface area contributed by atoms with Crippen LogP contribution in [-0.2, 0) is 4.79 Å². The minimum atomic E-state index is -0.110. The summed E-state index contributed by atoms with van der Waals surface area (Å²) in [5, 5.41) is 11.4. The topological polar surface area (TPSA) is 57.8 Å². The van der Waals surface area contributed by atoms with Crippen molar-refractivity contribution >= 4 is 23.0 Å². The minimum Gasteiger partial charge on any atom is -0.463 e. The van der Waals surface area contributed by atoms with Crippen molar-refractivity contribution in [1.29, 1.82) is 0 Å². The van der Waals surface area contributed by atoms with Crippen molar-refractivity contribution in [3.8, 4) is 0 Å². The van der Waals surface area contributed by atoms with E-state index in [1.54, 1.807) is 22.6 Å². The highest BCUT2D eigenvalue weighted by molar-refractivity contribution is 7.10. The van der Waals surface area contributed by atoms with Crippen LogP contribution < -0.4 is 5.32 Å². The smallest absolute Gasteiger partial charge is 0.257 e. The lowest BCUT2D eigenvalue weighted by Gasteiger charge is -2.24. The van der Waals surface area contributed by atoms with Crippen LogP contribution in [-0.4, -0.2) is 28.7 Å². The fraction of sp³-hybridized carbons (Fsp3) is 0.412. The fourth-order valence-electron chi connectivity index (χ4n) is 2.46. The first-order chi connectivity index (χ1) is 10.9. The fourth-order valence-corrected chi connectivity index (χ4v) is 3.27. The normalized spacial score (nSPS) is 18.3. The number of rotatable bonds is 4. The van der Waals surface area contributed by atoms with Crippen LogP contribution in [0.15, 0.2) is 45.4 Å². The van der Waals surface area contributed by atoms with E-state index in [0.717, 1.165) is 16.3 Å². The predicted molar refractivity (Wildman–Crippen MR) is 91.5 cm³/mol. The zero-order valence-electron chi connectivity index (χ0n) is 13.6. The molecule has 6 heteroatoms. The van der Waals surface area contributed by atoms with Crippen LogP contribution in [0.3, 0.4) is 0 Å². The van der Waals surface area contributed by atoms with Gasteiger partial charge in [0, 0.05) is 16.8 Å². The van der Waals surface area contributed by atoms with Gasteiger partial charge in [-0.2, -0.15) is 5.10 Å². The van der Waals surface area contributed by atoms with Crippen molar-refractivity contribution in [3.05, 3.63) is 46.5 Å². The molecular formula is C17H21N3O2S. The number of furan rings is 1. The summed E-state index contributed by atoms with van der Waals surface area (Å²) in [6.45, 7) is 6.38. The number of hydrogen-bond acceptors (Lipinski definition) is 5. The molecule has 0 radical (unpaired) electrons. The lowest BCUT2D eigenvalue weighted by Crippen LogP contribution is -2.43. The van der Waals surface area contributed by atoms with Gasteiger partial charge >= 0.3 is 0 Å². The van der Waals surface area contributed by atoms with Crippen molar-refractivity contribution in [2.24, 2.45) is 5.10 Å². The Morgan fingerprint density at radius 2 is 2.26 bits per heavy atom. The van der Waals surface area contributed by atoms with E-state index >= 15 is 0 Å². The molecule has 1 aliphatic rings. The Balaban J connectivity index is 1.81. The number of nitrogens with zero attached hydrogens (tertiary/aromatic N) is 2. The molecule has 0 bridgehead atoms. The average Bonchev–Trinajstić information content (AvgIpc) is 3.22. The third-order valence-electron chi connectivity index (χ3n) is 3.61. The number of carbonyl (C=O) groups is 1. The van der Waals surface area contributed by atoms with Gasteiger partial charge in [0.05, 0.1) is 18.8 Å². The molecule has 1 amide bonds. The Hall–Kier alpha value is -1.92. The first-order valence-corrected chi connectivity index (χ1v) is 8.54. The van der Waals surface area contributed by atoms with E-state index < -0.39 is 0 Å². The zero-order valence-corrected chi connectivity index (χ0v) is 14.4. The summed E-state index contributed by atoms with van der Waals surface area (Å²) < 4.78 is 5.44. The van der Waals surface area contributed by atoms with Crippen molar-refractivity contribution < 1.29 is 9.21 Å². The van der Waals surface area contributed by atoms with Gasteiger partial charge in [0.1, 0.15) is 11.5 Å². The van der Waals surface area contributed by atoms with E-state index in [2.05, 4.69) is 10.4 Å². The average molecular weight is 331 g/mol.